The fourth-order valence-electron chi connectivity index (χ4n) is 3.26. The molecule has 122 valence electrons. The lowest BCUT2D eigenvalue weighted by Gasteiger charge is -2.22. The number of carbonyl (C=O) groups excluding carboxylic acids is 1. The smallest absolute Gasteiger partial charge is 0.303 e. The van der Waals surface area contributed by atoms with Gasteiger partial charge in [0.1, 0.15) is 0 Å². The van der Waals surface area contributed by atoms with Gasteiger partial charge in [0.2, 0.25) is 5.91 Å². The number of carboxylic acids is 1. The van der Waals surface area contributed by atoms with E-state index in [1.54, 1.807) is 0 Å². The van der Waals surface area contributed by atoms with E-state index >= 15 is 0 Å². The van der Waals surface area contributed by atoms with Crippen molar-refractivity contribution in [1.82, 2.24) is 5.32 Å². The molecule has 0 aliphatic heterocycles. The number of carboxylic acid groups (broad SMARTS) is 1. The largest absolute Gasteiger partial charge is 0.481 e. The molecule has 1 rings (SSSR count). The Bertz CT molecular complexity index is 320. The van der Waals surface area contributed by atoms with Crippen LogP contribution in [-0.4, -0.2) is 23.5 Å². The van der Waals surface area contributed by atoms with E-state index in [9.17, 15) is 9.59 Å². The van der Waals surface area contributed by atoms with Gasteiger partial charge in [-0.2, -0.15) is 0 Å². The lowest BCUT2D eigenvalue weighted by atomic mass is 9.90. The van der Waals surface area contributed by atoms with Crippen molar-refractivity contribution >= 4 is 11.9 Å². The predicted molar refractivity (Wildman–Crippen MR) is 84.0 cm³/mol. The highest BCUT2D eigenvalue weighted by atomic mass is 16.4. The van der Waals surface area contributed by atoms with Crippen LogP contribution in [0.2, 0.25) is 0 Å². The quantitative estimate of drug-likeness (QED) is 0.754. The second kappa shape index (κ2) is 9.80. The third-order valence-electron chi connectivity index (χ3n) is 4.31. The molecule has 0 bridgehead atoms. The summed E-state index contributed by atoms with van der Waals surface area (Å²) in [6.45, 7) is 4.68. The SMILES string of the molecule is CC(C)C[C@H](CNC(=O)C1CCCCCCC1)CC(=O)O. The molecule has 1 aliphatic rings. The van der Waals surface area contributed by atoms with Gasteiger partial charge in [-0.1, -0.05) is 46.0 Å². The van der Waals surface area contributed by atoms with Gasteiger partial charge in [-0.25, -0.2) is 0 Å². The van der Waals surface area contributed by atoms with E-state index in [1.807, 2.05) is 0 Å². The van der Waals surface area contributed by atoms with E-state index in [0.717, 1.165) is 32.1 Å². The zero-order valence-corrected chi connectivity index (χ0v) is 13.6. The number of amides is 1. The molecule has 4 nitrogen and oxygen atoms in total. The molecule has 21 heavy (non-hydrogen) atoms. The first-order valence-corrected chi connectivity index (χ1v) is 8.48. The second-order valence-electron chi connectivity index (χ2n) is 6.88. The summed E-state index contributed by atoms with van der Waals surface area (Å²) >= 11 is 0. The first-order chi connectivity index (χ1) is 9.99. The van der Waals surface area contributed by atoms with E-state index in [2.05, 4.69) is 19.2 Å². The fourth-order valence-corrected chi connectivity index (χ4v) is 3.26. The molecule has 0 unspecified atom stereocenters. The lowest BCUT2D eigenvalue weighted by Crippen LogP contribution is -2.35. The summed E-state index contributed by atoms with van der Waals surface area (Å²) in [7, 11) is 0. The molecule has 0 aromatic heterocycles. The van der Waals surface area contributed by atoms with Crippen LogP contribution in [0.5, 0.6) is 0 Å². The van der Waals surface area contributed by atoms with Crippen LogP contribution in [0.3, 0.4) is 0 Å². The summed E-state index contributed by atoms with van der Waals surface area (Å²) in [6, 6.07) is 0. The van der Waals surface area contributed by atoms with Crippen molar-refractivity contribution in [1.29, 1.82) is 0 Å². The molecule has 1 aliphatic carbocycles. The van der Waals surface area contributed by atoms with Crippen LogP contribution in [0.15, 0.2) is 0 Å². The van der Waals surface area contributed by atoms with Crippen molar-refractivity contribution < 1.29 is 14.7 Å². The standard InChI is InChI=1S/C17H31NO3/c1-13(2)10-14(11-16(19)20)12-18-17(21)15-8-6-4-3-5-7-9-15/h13-15H,3-12H2,1-2H3,(H,18,21)(H,19,20)/t14-/m0/s1. The van der Waals surface area contributed by atoms with Crippen LogP contribution in [0.25, 0.3) is 0 Å². The Labute approximate surface area is 128 Å². The van der Waals surface area contributed by atoms with Crippen molar-refractivity contribution in [3.63, 3.8) is 0 Å². The number of rotatable bonds is 7. The molecule has 0 aromatic rings. The summed E-state index contributed by atoms with van der Waals surface area (Å²) in [5.74, 6) is -0.0145. The first-order valence-electron chi connectivity index (χ1n) is 8.48. The van der Waals surface area contributed by atoms with E-state index in [0.29, 0.717) is 12.5 Å². The van der Waals surface area contributed by atoms with E-state index < -0.39 is 5.97 Å². The van der Waals surface area contributed by atoms with Crippen molar-refractivity contribution in [2.24, 2.45) is 17.8 Å². The van der Waals surface area contributed by atoms with Gasteiger partial charge in [-0.3, -0.25) is 9.59 Å². The van der Waals surface area contributed by atoms with Gasteiger partial charge in [-0.15, -0.1) is 0 Å². The number of hydrogen-bond acceptors (Lipinski definition) is 2. The monoisotopic (exact) mass is 297 g/mol. The van der Waals surface area contributed by atoms with Crippen molar-refractivity contribution in [3.8, 4) is 0 Å². The van der Waals surface area contributed by atoms with Crippen LogP contribution >= 0.6 is 0 Å². The van der Waals surface area contributed by atoms with Gasteiger partial charge >= 0.3 is 5.97 Å². The van der Waals surface area contributed by atoms with Gasteiger partial charge in [0, 0.05) is 18.9 Å². The Kier molecular flexibility index (Phi) is 8.40. The molecule has 0 saturated heterocycles. The lowest BCUT2D eigenvalue weighted by molar-refractivity contribution is -0.138. The average Bonchev–Trinajstić information content (AvgIpc) is 2.33. The minimum Gasteiger partial charge on any atom is -0.481 e. The number of nitrogens with one attached hydrogen (secondary N) is 1. The molecule has 1 fully saturated rings. The van der Waals surface area contributed by atoms with E-state index in [4.69, 9.17) is 5.11 Å². The van der Waals surface area contributed by atoms with Gasteiger partial charge in [0.05, 0.1) is 0 Å². The summed E-state index contributed by atoms with van der Waals surface area (Å²) in [4.78, 5) is 23.2. The fraction of sp³-hybridized carbons (Fsp3) is 0.882. The molecule has 0 spiro atoms. The molecule has 0 radical (unpaired) electrons. The zero-order chi connectivity index (χ0) is 15.7. The van der Waals surface area contributed by atoms with Crippen LogP contribution in [0, 0.1) is 17.8 Å². The van der Waals surface area contributed by atoms with Crippen LogP contribution in [0.1, 0.15) is 71.6 Å². The van der Waals surface area contributed by atoms with Crippen molar-refractivity contribution in [3.05, 3.63) is 0 Å². The normalized spacial score (nSPS) is 18.8. The maximum Gasteiger partial charge on any atom is 0.303 e. The van der Waals surface area contributed by atoms with Gasteiger partial charge in [0.15, 0.2) is 0 Å². The Morgan fingerprint density at radius 3 is 2.19 bits per heavy atom. The van der Waals surface area contributed by atoms with Crippen LogP contribution in [0.4, 0.5) is 0 Å². The molecule has 0 heterocycles. The van der Waals surface area contributed by atoms with Gasteiger partial charge < -0.3 is 10.4 Å². The van der Waals surface area contributed by atoms with Crippen molar-refractivity contribution in [2.75, 3.05) is 6.54 Å². The minimum absolute atomic E-state index is 0.0417. The molecule has 1 amide bonds. The van der Waals surface area contributed by atoms with E-state index in [-0.39, 0.29) is 24.2 Å². The Hall–Kier alpha value is -1.06. The summed E-state index contributed by atoms with van der Waals surface area (Å²) in [5.41, 5.74) is 0. The molecule has 4 heteroatoms. The summed E-state index contributed by atoms with van der Waals surface area (Å²) in [5, 5.41) is 12.0. The maximum absolute atomic E-state index is 12.3. The molecule has 2 N–H and O–H groups in total. The van der Waals surface area contributed by atoms with Crippen molar-refractivity contribution in [2.45, 2.75) is 71.6 Å². The first kappa shape index (κ1) is 18.0. The van der Waals surface area contributed by atoms with Crippen LogP contribution < -0.4 is 5.32 Å². The third-order valence-corrected chi connectivity index (χ3v) is 4.31. The molecular formula is C17H31NO3. The average molecular weight is 297 g/mol. The Morgan fingerprint density at radius 1 is 1.10 bits per heavy atom. The Morgan fingerprint density at radius 2 is 1.67 bits per heavy atom. The predicted octanol–water partition coefficient (Wildman–Crippen LogP) is 3.60. The summed E-state index contributed by atoms with van der Waals surface area (Å²) < 4.78 is 0. The minimum atomic E-state index is -0.777. The Balaban J connectivity index is 2.41. The number of hydrogen-bond donors (Lipinski definition) is 2. The highest BCUT2D eigenvalue weighted by molar-refractivity contribution is 5.78. The number of aliphatic carboxylic acids is 1. The van der Waals surface area contributed by atoms with Crippen LogP contribution in [-0.2, 0) is 9.59 Å². The van der Waals surface area contributed by atoms with Gasteiger partial charge in [0.25, 0.3) is 0 Å². The zero-order valence-electron chi connectivity index (χ0n) is 13.6. The highest BCUT2D eigenvalue weighted by Crippen LogP contribution is 2.22. The molecular weight excluding hydrogens is 266 g/mol. The van der Waals surface area contributed by atoms with Gasteiger partial charge in [-0.05, 0) is 31.1 Å². The number of carbonyl (C=O) groups is 2. The third kappa shape index (κ3) is 8.08. The topological polar surface area (TPSA) is 66.4 Å². The second-order valence-corrected chi connectivity index (χ2v) is 6.88. The maximum atomic E-state index is 12.3. The van der Waals surface area contributed by atoms with E-state index in [1.165, 1.54) is 19.3 Å². The summed E-state index contributed by atoms with van der Waals surface area (Å²) in [6.07, 6.45) is 9.01. The molecule has 1 saturated carbocycles. The molecule has 1 atom stereocenters. The molecule has 0 aromatic carbocycles. The highest BCUT2D eigenvalue weighted by Gasteiger charge is 2.21.